The third-order valence-electron chi connectivity index (χ3n) is 3.29. The van der Waals surface area contributed by atoms with Crippen molar-refractivity contribution in [1.82, 2.24) is 10.3 Å². The van der Waals surface area contributed by atoms with E-state index in [1.807, 2.05) is 12.4 Å². The Morgan fingerprint density at radius 1 is 1.29 bits per heavy atom. The molecular formula is C14H23N3. The Labute approximate surface area is 104 Å². The number of nitrogens with one attached hydrogen (secondary N) is 1. The Morgan fingerprint density at radius 3 is 2.76 bits per heavy atom. The van der Waals surface area contributed by atoms with Crippen LogP contribution in [-0.2, 0) is 6.54 Å². The topological polar surface area (TPSA) is 28.2 Å². The van der Waals surface area contributed by atoms with Crippen molar-refractivity contribution < 1.29 is 0 Å². The van der Waals surface area contributed by atoms with Crippen molar-refractivity contribution in [2.45, 2.75) is 45.7 Å². The maximum Gasteiger partial charge on any atom is 0.0598 e. The molecule has 2 heterocycles. The molecular weight excluding hydrogens is 210 g/mol. The van der Waals surface area contributed by atoms with Crippen LogP contribution in [0.25, 0.3) is 0 Å². The second-order valence-corrected chi connectivity index (χ2v) is 5.09. The molecule has 1 fully saturated rings. The van der Waals surface area contributed by atoms with E-state index in [0.717, 1.165) is 6.54 Å². The number of aromatic nitrogens is 1. The molecule has 1 aromatic rings. The van der Waals surface area contributed by atoms with Crippen molar-refractivity contribution >= 4 is 5.69 Å². The molecule has 2 rings (SSSR count). The van der Waals surface area contributed by atoms with E-state index in [4.69, 9.17) is 0 Å². The first-order valence-corrected chi connectivity index (χ1v) is 6.68. The molecule has 0 saturated carbocycles. The van der Waals surface area contributed by atoms with Crippen LogP contribution >= 0.6 is 0 Å². The highest BCUT2D eigenvalue weighted by molar-refractivity contribution is 5.51. The van der Waals surface area contributed by atoms with Crippen LogP contribution in [0.3, 0.4) is 0 Å². The minimum atomic E-state index is 0.525. The Kier molecular flexibility index (Phi) is 4.37. The lowest BCUT2D eigenvalue weighted by Crippen LogP contribution is -2.31. The normalized spacial score (nSPS) is 16.5. The molecule has 1 N–H and O–H groups in total. The molecule has 3 nitrogen and oxygen atoms in total. The molecule has 0 bridgehead atoms. The summed E-state index contributed by atoms with van der Waals surface area (Å²) in [6, 6.07) is 2.66. The van der Waals surface area contributed by atoms with Crippen LogP contribution in [-0.4, -0.2) is 24.1 Å². The minimum Gasteiger partial charge on any atom is -0.370 e. The number of hydrogen-bond donors (Lipinski definition) is 1. The van der Waals surface area contributed by atoms with Crippen molar-refractivity contribution in [1.29, 1.82) is 0 Å². The summed E-state index contributed by atoms with van der Waals surface area (Å²) < 4.78 is 0. The summed E-state index contributed by atoms with van der Waals surface area (Å²) in [5, 5.41) is 3.49. The van der Waals surface area contributed by atoms with Crippen molar-refractivity contribution in [3.8, 4) is 0 Å². The summed E-state index contributed by atoms with van der Waals surface area (Å²) >= 11 is 0. The molecule has 0 amide bonds. The highest BCUT2D eigenvalue weighted by atomic mass is 15.1. The SMILES string of the molecule is CC(C)NCc1ccncc1N1CCCCC1. The molecule has 0 aromatic carbocycles. The zero-order valence-corrected chi connectivity index (χ0v) is 10.9. The second-order valence-electron chi connectivity index (χ2n) is 5.09. The summed E-state index contributed by atoms with van der Waals surface area (Å²) in [5.41, 5.74) is 2.69. The molecule has 1 saturated heterocycles. The molecule has 1 aromatic heterocycles. The fraction of sp³-hybridized carbons (Fsp3) is 0.643. The smallest absolute Gasteiger partial charge is 0.0598 e. The maximum atomic E-state index is 4.28. The Morgan fingerprint density at radius 2 is 2.06 bits per heavy atom. The first-order valence-electron chi connectivity index (χ1n) is 6.68. The van der Waals surface area contributed by atoms with Crippen molar-refractivity contribution in [3.05, 3.63) is 24.0 Å². The zero-order valence-electron chi connectivity index (χ0n) is 10.9. The Hall–Kier alpha value is -1.09. The third kappa shape index (κ3) is 3.43. The van der Waals surface area contributed by atoms with Crippen molar-refractivity contribution in [3.63, 3.8) is 0 Å². The van der Waals surface area contributed by atoms with Gasteiger partial charge in [-0.2, -0.15) is 0 Å². The summed E-state index contributed by atoms with van der Waals surface area (Å²) in [7, 11) is 0. The Bertz CT molecular complexity index is 343. The van der Waals surface area contributed by atoms with Gasteiger partial charge in [0, 0.05) is 31.9 Å². The summed E-state index contributed by atoms with van der Waals surface area (Å²) in [6.45, 7) is 7.66. The fourth-order valence-electron chi connectivity index (χ4n) is 2.30. The van der Waals surface area contributed by atoms with Gasteiger partial charge in [-0.3, -0.25) is 4.98 Å². The average Bonchev–Trinajstić information content (AvgIpc) is 2.38. The average molecular weight is 233 g/mol. The second kappa shape index (κ2) is 6.01. The largest absolute Gasteiger partial charge is 0.370 e. The van der Waals surface area contributed by atoms with Crippen molar-refractivity contribution in [2.24, 2.45) is 0 Å². The van der Waals surface area contributed by atoms with Gasteiger partial charge in [-0.05, 0) is 30.9 Å². The number of hydrogen-bond acceptors (Lipinski definition) is 3. The van der Waals surface area contributed by atoms with E-state index in [9.17, 15) is 0 Å². The first kappa shape index (κ1) is 12.4. The van der Waals surface area contributed by atoms with Gasteiger partial charge in [-0.1, -0.05) is 13.8 Å². The predicted molar refractivity (Wildman–Crippen MR) is 72.3 cm³/mol. The van der Waals surface area contributed by atoms with E-state index >= 15 is 0 Å². The van der Waals surface area contributed by atoms with Gasteiger partial charge in [0.25, 0.3) is 0 Å². The van der Waals surface area contributed by atoms with Gasteiger partial charge in [-0.25, -0.2) is 0 Å². The number of anilines is 1. The van der Waals surface area contributed by atoms with Gasteiger partial charge >= 0.3 is 0 Å². The first-order chi connectivity index (χ1) is 8.27. The predicted octanol–water partition coefficient (Wildman–Crippen LogP) is 2.57. The van der Waals surface area contributed by atoms with E-state index in [0.29, 0.717) is 6.04 Å². The quantitative estimate of drug-likeness (QED) is 0.866. The number of nitrogens with zero attached hydrogens (tertiary/aromatic N) is 2. The molecule has 1 aliphatic rings. The van der Waals surface area contributed by atoms with Crippen LogP contribution in [0, 0.1) is 0 Å². The van der Waals surface area contributed by atoms with Gasteiger partial charge in [-0.15, -0.1) is 0 Å². The number of pyridine rings is 1. The van der Waals surface area contributed by atoms with E-state index in [2.05, 4.69) is 35.1 Å². The summed E-state index contributed by atoms with van der Waals surface area (Å²) in [5.74, 6) is 0. The molecule has 1 aliphatic heterocycles. The third-order valence-corrected chi connectivity index (χ3v) is 3.29. The van der Waals surface area contributed by atoms with E-state index in [1.165, 1.54) is 43.6 Å². The monoisotopic (exact) mass is 233 g/mol. The molecule has 0 spiro atoms. The molecule has 3 heteroatoms. The van der Waals surface area contributed by atoms with Crippen LogP contribution in [0.4, 0.5) is 5.69 Å². The van der Waals surface area contributed by atoms with Gasteiger partial charge in [0.05, 0.1) is 11.9 Å². The van der Waals surface area contributed by atoms with Crippen LogP contribution in [0.2, 0.25) is 0 Å². The summed E-state index contributed by atoms with van der Waals surface area (Å²) in [4.78, 5) is 6.76. The lowest BCUT2D eigenvalue weighted by atomic mass is 10.1. The van der Waals surface area contributed by atoms with Crippen LogP contribution in [0.5, 0.6) is 0 Å². The zero-order chi connectivity index (χ0) is 12.1. The van der Waals surface area contributed by atoms with Gasteiger partial charge in [0.15, 0.2) is 0 Å². The molecule has 0 radical (unpaired) electrons. The maximum absolute atomic E-state index is 4.28. The van der Waals surface area contributed by atoms with Gasteiger partial charge < -0.3 is 10.2 Å². The summed E-state index contributed by atoms with van der Waals surface area (Å²) in [6.07, 6.45) is 7.90. The molecule has 0 aliphatic carbocycles. The minimum absolute atomic E-state index is 0.525. The molecule has 0 atom stereocenters. The van der Waals surface area contributed by atoms with Crippen LogP contribution < -0.4 is 10.2 Å². The van der Waals surface area contributed by atoms with Crippen LogP contribution in [0.15, 0.2) is 18.5 Å². The van der Waals surface area contributed by atoms with Gasteiger partial charge in [0.1, 0.15) is 0 Å². The number of rotatable bonds is 4. The Balaban J connectivity index is 2.09. The van der Waals surface area contributed by atoms with E-state index in [1.54, 1.807) is 0 Å². The molecule has 0 unspecified atom stereocenters. The standard InChI is InChI=1S/C14H23N3/c1-12(2)16-10-13-6-7-15-11-14(13)17-8-4-3-5-9-17/h6-7,11-12,16H,3-5,8-10H2,1-2H3. The fourth-order valence-corrected chi connectivity index (χ4v) is 2.30. The molecule has 17 heavy (non-hydrogen) atoms. The lowest BCUT2D eigenvalue weighted by Gasteiger charge is -2.30. The van der Waals surface area contributed by atoms with Gasteiger partial charge in [0.2, 0.25) is 0 Å². The van der Waals surface area contributed by atoms with E-state index < -0.39 is 0 Å². The van der Waals surface area contributed by atoms with Crippen LogP contribution in [0.1, 0.15) is 38.7 Å². The highest BCUT2D eigenvalue weighted by Crippen LogP contribution is 2.23. The van der Waals surface area contributed by atoms with Crippen molar-refractivity contribution in [2.75, 3.05) is 18.0 Å². The number of piperidine rings is 1. The highest BCUT2D eigenvalue weighted by Gasteiger charge is 2.14. The van der Waals surface area contributed by atoms with E-state index in [-0.39, 0.29) is 0 Å². The molecule has 94 valence electrons. The lowest BCUT2D eigenvalue weighted by molar-refractivity contribution is 0.565.